The van der Waals surface area contributed by atoms with E-state index in [0.29, 0.717) is 5.84 Å². The Kier molecular flexibility index (Phi) is 3.60. The van der Waals surface area contributed by atoms with Crippen LogP contribution in [0.3, 0.4) is 0 Å². The Hall–Kier alpha value is -1.03. The molecule has 0 aliphatic carbocycles. The molecule has 0 aliphatic rings. The number of hydrogen-bond acceptors (Lipinski definition) is 3. The quantitative estimate of drug-likeness (QED) is 0.320. The number of nitrogens with zero attached hydrogens (tertiary/aromatic N) is 1. The van der Waals surface area contributed by atoms with E-state index in [1.54, 1.807) is 11.3 Å². The van der Waals surface area contributed by atoms with E-state index in [2.05, 4.69) is 22.6 Å². The van der Waals surface area contributed by atoms with Crippen LogP contribution in [0.25, 0.3) is 0 Å². The third-order valence-electron chi connectivity index (χ3n) is 1.60. The van der Waals surface area contributed by atoms with Gasteiger partial charge in [0.25, 0.3) is 0 Å². The number of hydrogen-bond donors (Lipinski definition) is 2. The maximum atomic E-state index is 5.44. The van der Waals surface area contributed by atoms with Crippen molar-refractivity contribution in [3.05, 3.63) is 22.4 Å². The lowest BCUT2D eigenvalue weighted by molar-refractivity contribution is 0.869. The fraction of sp³-hybridized carbons (Fsp3) is 0.375. The van der Waals surface area contributed by atoms with Gasteiger partial charge in [0.2, 0.25) is 0 Å². The Balaban J connectivity index is 2.19. The highest BCUT2D eigenvalue weighted by molar-refractivity contribution is 7.09. The molecular weight excluding hydrogens is 170 g/mol. The first-order valence-electron chi connectivity index (χ1n) is 3.87. The van der Waals surface area contributed by atoms with Gasteiger partial charge in [0, 0.05) is 11.3 Å². The van der Waals surface area contributed by atoms with Crippen LogP contribution >= 0.6 is 11.3 Å². The molecule has 0 aliphatic heterocycles. The van der Waals surface area contributed by atoms with Crippen LogP contribution in [0.5, 0.6) is 0 Å². The molecule has 0 spiro atoms. The van der Waals surface area contributed by atoms with Crippen LogP contribution in [0.2, 0.25) is 0 Å². The molecule has 0 bridgehead atoms. The summed E-state index contributed by atoms with van der Waals surface area (Å²) in [6.07, 6.45) is 2.87. The molecule has 0 amide bonds. The fourth-order valence-electron chi connectivity index (χ4n) is 0.963. The number of hydrazone groups is 1. The van der Waals surface area contributed by atoms with Crippen molar-refractivity contribution in [2.75, 3.05) is 0 Å². The van der Waals surface area contributed by atoms with Gasteiger partial charge in [-0.05, 0) is 24.3 Å². The van der Waals surface area contributed by atoms with Crippen molar-refractivity contribution < 1.29 is 0 Å². The molecule has 0 fully saturated rings. The van der Waals surface area contributed by atoms with E-state index in [-0.39, 0.29) is 0 Å². The third-order valence-corrected chi connectivity index (χ3v) is 2.54. The van der Waals surface area contributed by atoms with E-state index in [1.165, 1.54) is 4.88 Å². The molecule has 0 saturated carbocycles. The summed E-state index contributed by atoms with van der Waals surface area (Å²) in [5, 5.41) is 5.48. The number of nitrogens with two attached hydrogens (primary N) is 2. The van der Waals surface area contributed by atoms with Crippen molar-refractivity contribution in [3.8, 4) is 0 Å². The van der Waals surface area contributed by atoms with E-state index in [0.717, 1.165) is 19.3 Å². The lowest BCUT2D eigenvalue weighted by Crippen LogP contribution is -2.13. The smallest absolute Gasteiger partial charge is 0.119 e. The highest BCUT2D eigenvalue weighted by Gasteiger charge is 1.95. The monoisotopic (exact) mass is 183 g/mol. The summed E-state index contributed by atoms with van der Waals surface area (Å²) in [4.78, 5) is 1.39. The van der Waals surface area contributed by atoms with Gasteiger partial charge in [-0.1, -0.05) is 6.07 Å². The fourth-order valence-corrected chi connectivity index (χ4v) is 1.71. The van der Waals surface area contributed by atoms with Gasteiger partial charge in [-0.3, -0.25) is 0 Å². The zero-order valence-electron chi connectivity index (χ0n) is 6.86. The Labute approximate surface area is 76.1 Å². The van der Waals surface area contributed by atoms with Gasteiger partial charge >= 0.3 is 0 Å². The second kappa shape index (κ2) is 4.77. The molecule has 66 valence electrons. The van der Waals surface area contributed by atoms with Crippen molar-refractivity contribution in [2.45, 2.75) is 19.3 Å². The molecule has 0 unspecified atom stereocenters. The summed E-state index contributed by atoms with van der Waals surface area (Å²) >= 11 is 1.77. The first kappa shape index (κ1) is 9.06. The number of aryl methyl sites for hydroxylation is 1. The molecule has 12 heavy (non-hydrogen) atoms. The molecule has 1 rings (SSSR count). The highest BCUT2D eigenvalue weighted by atomic mass is 32.1. The summed E-state index contributed by atoms with van der Waals surface area (Å²) in [6, 6.07) is 4.18. The van der Waals surface area contributed by atoms with E-state index < -0.39 is 0 Å². The van der Waals surface area contributed by atoms with Gasteiger partial charge in [-0.25, -0.2) is 0 Å². The van der Waals surface area contributed by atoms with E-state index in [4.69, 9.17) is 11.6 Å². The maximum absolute atomic E-state index is 5.44. The Morgan fingerprint density at radius 3 is 3.00 bits per heavy atom. The largest absolute Gasteiger partial charge is 0.386 e. The first-order chi connectivity index (χ1) is 5.83. The number of amidine groups is 1. The predicted molar refractivity (Wildman–Crippen MR) is 53.1 cm³/mol. The Morgan fingerprint density at radius 1 is 1.58 bits per heavy atom. The summed E-state index contributed by atoms with van der Waals surface area (Å²) in [6.45, 7) is 0. The lowest BCUT2D eigenvalue weighted by atomic mass is 10.2. The summed E-state index contributed by atoms with van der Waals surface area (Å²) in [5.41, 5.74) is 5.44. The van der Waals surface area contributed by atoms with Gasteiger partial charge in [-0.2, -0.15) is 5.10 Å². The second-order valence-corrected chi connectivity index (χ2v) is 3.59. The van der Waals surface area contributed by atoms with Crippen LogP contribution in [0.1, 0.15) is 17.7 Å². The molecule has 1 heterocycles. The second-order valence-electron chi connectivity index (χ2n) is 2.55. The SMILES string of the molecule is NN=C(N)CCCc1cccs1. The van der Waals surface area contributed by atoms with E-state index >= 15 is 0 Å². The van der Waals surface area contributed by atoms with Crippen LogP contribution < -0.4 is 11.6 Å². The molecule has 1 aromatic rings. The molecule has 4 heteroatoms. The zero-order valence-corrected chi connectivity index (χ0v) is 7.68. The molecule has 0 saturated heterocycles. The van der Waals surface area contributed by atoms with Crippen LogP contribution in [0, 0.1) is 0 Å². The molecule has 3 nitrogen and oxygen atoms in total. The zero-order chi connectivity index (χ0) is 8.81. The number of thiophene rings is 1. The van der Waals surface area contributed by atoms with Gasteiger partial charge < -0.3 is 11.6 Å². The molecule has 0 radical (unpaired) electrons. The highest BCUT2D eigenvalue weighted by Crippen LogP contribution is 2.11. The molecule has 0 atom stereocenters. The topological polar surface area (TPSA) is 64.4 Å². The lowest BCUT2D eigenvalue weighted by Gasteiger charge is -1.96. The summed E-state index contributed by atoms with van der Waals surface area (Å²) in [7, 11) is 0. The Bertz CT molecular complexity index is 241. The molecular formula is C8H13N3S. The van der Waals surface area contributed by atoms with E-state index in [1.807, 2.05) is 0 Å². The molecule has 1 aromatic heterocycles. The minimum atomic E-state index is 0.534. The average Bonchev–Trinajstić information content (AvgIpc) is 2.57. The van der Waals surface area contributed by atoms with Crippen LogP contribution in [0.4, 0.5) is 0 Å². The van der Waals surface area contributed by atoms with Gasteiger partial charge in [-0.15, -0.1) is 11.3 Å². The molecule has 0 aromatic carbocycles. The predicted octanol–water partition coefficient (Wildman–Crippen LogP) is 1.30. The molecule has 4 N–H and O–H groups in total. The minimum absolute atomic E-state index is 0.534. The van der Waals surface area contributed by atoms with E-state index in [9.17, 15) is 0 Å². The third kappa shape index (κ3) is 2.92. The van der Waals surface area contributed by atoms with Crippen molar-refractivity contribution in [3.63, 3.8) is 0 Å². The Morgan fingerprint density at radius 2 is 2.42 bits per heavy atom. The van der Waals surface area contributed by atoms with Crippen molar-refractivity contribution in [1.82, 2.24) is 0 Å². The summed E-state index contributed by atoms with van der Waals surface area (Å²) in [5.74, 6) is 5.53. The van der Waals surface area contributed by atoms with Crippen LogP contribution in [0.15, 0.2) is 22.6 Å². The van der Waals surface area contributed by atoms with Crippen molar-refractivity contribution >= 4 is 17.2 Å². The maximum Gasteiger partial charge on any atom is 0.119 e. The summed E-state index contributed by atoms with van der Waals surface area (Å²) < 4.78 is 0. The van der Waals surface area contributed by atoms with Gasteiger partial charge in [0.15, 0.2) is 0 Å². The van der Waals surface area contributed by atoms with Gasteiger partial charge in [0.1, 0.15) is 5.84 Å². The van der Waals surface area contributed by atoms with Crippen molar-refractivity contribution in [2.24, 2.45) is 16.7 Å². The standard InChI is InChI=1S/C8H13N3S/c9-8(11-10)5-1-3-7-4-2-6-12-7/h2,4,6H,1,3,5,10H2,(H2,9,11). The van der Waals surface area contributed by atoms with Crippen molar-refractivity contribution in [1.29, 1.82) is 0 Å². The van der Waals surface area contributed by atoms with Crippen LogP contribution in [-0.4, -0.2) is 5.84 Å². The van der Waals surface area contributed by atoms with Gasteiger partial charge in [0.05, 0.1) is 0 Å². The number of rotatable bonds is 4. The first-order valence-corrected chi connectivity index (χ1v) is 4.75. The average molecular weight is 183 g/mol. The minimum Gasteiger partial charge on any atom is -0.386 e. The van der Waals surface area contributed by atoms with Crippen LogP contribution in [-0.2, 0) is 6.42 Å². The normalized spacial score (nSPS) is 11.8.